The Labute approximate surface area is 187 Å². The molecular formula is C25H26N4O3. The molecule has 0 bridgehead atoms. The van der Waals surface area contributed by atoms with Gasteiger partial charge in [0.2, 0.25) is 5.91 Å². The molecule has 3 aromatic rings. The van der Waals surface area contributed by atoms with Gasteiger partial charge in [0.15, 0.2) is 0 Å². The zero-order valence-corrected chi connectivity index (χ0v) is 18.1. The Kier molecular flexibility index (Phi) is 6.35. The number of hydrogen-bond donors (Lipinski definition) is 1. The van der Waals surface area contributed by atoms with Gasteiger partial charge < -0.3 is 19.4 Å². The van der Waals surface area contributed by atoms with Crippen LogP contribution in [-0.2, 0) is 4.79 Å². The number of benzene rings is 2. The van der Waals surface area contributed by atoms with Crippen molar-refractivity contribution in [3.63, 3.8) is 0 Å². The van der Waals surface area contributed by atoms with Gasteiger partial charge in [0.1, 0.15) is 5.75 Å². The SMILES string of the molecule is COc1cc(C=CC(=O)N2CC(C=NO)C(c3ccccc3)C2)ccc1-n1cnc(C)c1. The van der Waals surface area contributed by atoms with Gasteiger partial charge in [0.05, 0.1) is 24.8 Å². The fourth-order valence-electron chi connectivity index (χ4n) is 4.14. The van der Waals surface area contributed by atoms with E-state index in [1.807, 2.05) is 66.2 Å². The van der Waals surface area contributed by atoms with Gasteiger partial charge in [-0.25, -0.2) is 4.98 Å². The molecule has 7 heteroatoms. The van der Waals surface area contributed by atoms with E-state index in [0.717, 1.165) is 22.5 Å². The summed E-state index contributed by atoms with van der Waals surface area (Å²) < 4.78 is 7.45. The molecule has 1 fully saturated rings. The average molecular weight is 431 g/mol. The molecule has 1 aromatic heterocycles. The van der Waals surface area contributed by atoms with Crippen LogP contribution in [0.2, 0.25) is 0 Å². The van der Waals surface area contributed by atoms with E-state index in [-0.39, 0.29) is 17.7 Å². The van der Waals surface area contributed by atoms with Crippen molar-refractivity contribution in [1.29, 1.82) is 0 Å². The highest BCUT2D eigenvalue weighted by Gasteiger charge is 2.34. The summed E-state index contributed by atoms with van der Waals surface area (Å²) >= 11 is 0. The molecule has 1 saturated heterocycles. The predicted octanol–water partition coefficient (Wildman–Crippen LogP) is 3.90. The van der Waals surface area contributed by atoms with Gasteiger partial charge >= 0.3 is 0 Å². The Hall–Kier alpha value is -3.87. The molecule has 1 aliphatic heterocycles. The van der Waals surface area contributed by atoms with Crippen molar-refractivity contribution in [3.8, 4) is 11.4 Å². The van der Waals surface area contributed by atoms with E-state index in [1.54, 1.807) is 30.5 Å². The second-order valence-electron chi connectivity index (χ2n) is 7.88. The first-order valence-corrected chi connectivity index (χ1v) is 10.5. The number of methoxy groups -OCH3 is 1. The molecule has 2 unspecified atom stereocenters. The van der Waals surface area contributed by atoms with Crippen molar-refractivity contribution in [1.82, 2.24) is 14.5 Å². The lowest BCUT2D eigenvalue weighted by Gasteiger charge is -2.15. The zero-order chi connectivity index (χ0) is 22.5. The maximum Gasteiger partial charge on any atom is 0.246 e. The third-order valence-electron chi connectivity index (χ3n) is 5.77. The fraction of sp³-hybridized carbons (Fsp3) is 0.240. The van der Waals surface area contributed by atoms with E-state index in [4.69, 9.17) is 9.94 Å². The second kappa shape index (κ2) is 9.51. The highest BCUT2D eigenvalue weighted by atomic mass is 16.5. The quantitative estimate of drug-likeness (QED) is 0.278. The Morgan fingerprint density at radius 2 is 2.03 bits per heavy atom. The van der Waals surface area contributed by atoms with Crippen molar-refractivity contribution >= 4 is 18.2 Å². The first kappa shape index (κ1) is 21.4. The number of hydrogen-bond acceptors (Lipinski definition) is 5. The molecule has 0 spiro atoms. The van der Waals surface area contributed by atoms with Crippen LogP contribution in [0.25, 0.3) is 11.8 Å². The number of aryl methyl sites for hydroxylation is 1. The fourth-order valence-corrected chi connectivity index (χ4v) is 4.14. The maximum absolute atomic E-state index is 12.9. The van der Waals surface area contributed by atoms with Crippen molar-refractivity contribution in [2.24, 2.45) is 11.1 Å². The number of nitrogens with zero attached hydrogens (tertiary/aromatic N) is 4. The summed E-state index contributed by atoms with van der Waals surface area (Å²) in [5.74, 6) is 0.690. The van der Waals surface area contributed by atoms with Crippen LogP contribution in [0.1, 0.15) is 22.7 Å². The Morgan fingerprint density at radius 3 is 2.72 bits per heavy atom. The molecule has 0 radical (unpaired) electrons. The summed E-state index contributed by atoms with van der Waals surface area (Å²) in [6.45, 7) is 3.02. The molecule has 1 aliphatic rings. The van der Waals surface area contributed by atoms with Crippen LogP contribution in [0.5, 0.6) is 5.75 Å². The minimum absolute atomic E-state index is 0.0298. The van der Waals surface area contributed by atoms with Crippen LogP contribution in [0.4, 0.5) is 0 Å². The van der Waals surface area contributed by atoms with Crippen LogP contribution >= 0.6 is 0 Å². The van der Waals surface area contributed by atoms with Gasteiger partial charge in [-0.3, -0.25) is 4.79 Å². The summed E-state index contributed by atoms with van der Waals surface area (Å²) in [5, 5.41) is 12.3. The number of carbonyl (C=O) groups excluding carboxylic acids is 1. The standard InChI is InChI=1S/C25H26N4O3/c1-18-14-29(17-26-18)23-10-8-19(12-24(23)32-2)9-11-25(30)28-15-21(13-27-31)22(16-28)20-6-4-3-5-7-20/h3-14,17,21-22,31H,15-16H2,1-2H3. The van der Waals surface area contributed by atoms with Crippen LogP contribution < -0.4 is 4.74 Å². The molecular weight excluding hydrogens is 404 g/mol. The molecule has 32 heavy (non-hydrogen) atoms. The number of ether oxygens (including phenoxy) is 1. The normalized spacial score (nSPS) is 18.6. The monoisotopic (exact) mass is 430 g/mol. The lowest BCUT2D eigenvalue weighted by molar-refractivity contribution is -0.125. The van der Waals surface area contributed by atoms with Gasteiger partial charge in [-0.2, -0.15) is 0 Å². The summed E-state index contributed by atoms with van der Waals surface area (Å²) in [7, 11) is 1.62. The van der Waals surface area contributed by atoms with Crippen LogP contribution in [0.3, 0.4) is 0 Å². The van der Waals surface area contributed by atoms with Gasteiger partial charge in [-0.1, -0.05) is 36.4 Å². The number of oxime groups is 1. The van der Waals surface area contributed by atoms with E-state index < -0.39 is 0 Å². The lowest BCUT2D eigenvalue weighted by atomic mass is 9.90. The first-order valence-electron chi connectivity index (χ1n) is 10.5. The highest BCUT2D eigenvalue weighted by Crippen LogP contribution is 2.32. The summed E-state index contributed by atoms with van der Waals surface area (Å²) in [6.07, 6.45) is 8.57. The van der Waals surface area contributed by atoms with Gasteiger partial charge in [0.25, 0.3) is 0 Å². The van der Waals surface area contributed by atoms with Gasteiger partial charge in [-0.05, 0) is 36.3 Å². The molecule has 1 N–H and O–H groups in total. The molecule has 0 saturated carbocycles. The average Bonchev–Trinajstić information content (AvgIpc) is 3.44. The smallest absolute Gasteiger partial charge is 0.246 e. The number of rotatable bonds is 6. The van der Waals surface area contributed by atoms with E-state index in [9.17, 15) is 4.79 Å². The molecule has 1 amide bonds. The van der Waals surface area contributed by atoms with Crippen molar-refractivity contribution in [2.45, 2.75) is 12.8 Å². The number of aromatic nitrogens is 2. The van der Waals surface area contributed by atoms with Crippen LogP contribution in [0, 0.1) is 12.8 Å². The summed E-state index contributed by atoms with van der Waals surface area (Å²) in [5.41, 5.74) is 3.80. The Bertz CT molecular complexity index is 1140. The van der Waals surface area contributed by atoms with E-state index >= 15 is 0 Å². The zero-order valence-electron chi connectivity index (χ0n) is 18.1. The topological polar surface area (TPSA) is 80.0 Å². The van der Waals surface area contributed by atoms with Crippen molar-refractivity contribution in [3.05, 3.63) is 84.0 Å². The Balaban J connectivity index is 1.49. The third kappa shape index (κ3) is 4.56. The summed E-state index contributed by atoms with van der Waals surface area (Å²) in [6, 6.07) is 15.8. The Morgan fingerprint density at radius 1 is 1.22 bits per heavy atom. The molecule has 164 valence electrons. The van der Waals surface area contributed by atoms with Crippen molar-refractivity contribution in [2.75, 3.05) is 20.2 Å². The summed E-state index contributed by atoms with van der Waals surface area (Å²) in [4.78, 5) is 18.9. The predicted molar refractivity (Wildman–Crippen MR) is 123 cm³/mol. The van der Waals surface area contributed by atoms with E-state index in [1.165, 1.54) is 6.21 Å². The molecule has 4 rings (SSSR count). The number of imidazole rings is 1. The third-order valence-corrected chi connectivity index (χ3v) is 5.77. The first-order chi connectivity index (χ1) is 15.6. The van der Waals surface area contributed by atoms with E-state index in [2.05, 4.69) is 10.1 Å². The van der Waals surface area contributed by atoms with Crippen LogP contribution in [0.15, 0.2) is 72.3 Å². The van der Waals surface area contributed by atoms with Gasteiger partial charge in [0, 0.05) is 43.4 Å². The lowest BCUT2D eigenvalue weighted by Crippen LogP contribution is -2.27. The second-order valence-corrected chi connectivity index (χ2v) is 7.88. The molecule has 7 nitrogen and oxygen atoms in total. The number of amides is 1. The largest absolute Gasteiger partial charge is 0.495 e. The highest BCUT2D eigenvalue weighted by molar-refractivity contribution is 5.92. The number of likely N-dealkylation sites (tertiary alicyclic amines) is 1. The van der Waals surface area contributed by atoms with Crippen molar-refractivity contribution < 1.29 is 14.7 Å². The molecule has 0 aliphatic carbocycles. The van der Waals surface area contributed by atoms with Crippen LogP contribution in [-0.4, -0.2) is 52.0 Å². The molecule has 2 heterocycles. The minimum atomic E-state index is -0.0759. The molecule has 2 aromatic carbocycles. The van der Waals surface area contributed by atoms with E-state index in [0.29, 0.717) is 18.8 Å². The maximum atomic E-state index is 12.9. The number of carbonyl (C=O) groups is 1. The molecule has 2 atom stereocenters. The minimum Gasteiger partial charge on any atom is -0.495 e. The van der Waals surface area contributed by atoms with Gasteiger partial charge in [-0.15, -0.1) is 5.16 Å².